The predicted octanol–water partition coefficient (Wildman–Crippen LogP) is 14.3. The van der Waals surface area contributed by atoms with Crippen LogP contribution in [0.5, 0.6) is 0 Å². The first-order valence-corrected chi connectivity index (χ1v) is 23.8. The van der Waals surface area contributed by atoms with E-state index < -0.39 is 15.5 Å². The number of aryl methyl sites for hydroxylation is 12. The maximum Gasteiger partial charge on any atom is 0.0497 e. The summed E-state index contributed by atoms with van der Waals surface area (Å²) < 4.78 is 6.55. The Labute approximate surface area is 375 Å². The quantitative estimate of drug-likeness (QED) is 0.118. The molecule has 1 saturated carbocycles. The van der Waals surface area contributed by atoms with E-state index in [0.717, 1.165) is 0 Å². The van der Waals surface area contributed by atoms with Gasteiger partial charge in [-0.3, -0.25) is 0 Å². The molecule has 1 aliphatic rings. The highest BCUT2D eigenvalue weighted by Gasteiger charge is 2.69. The molecular weight excluding hydrogens is 794 g/mol. The van der Waals surface area contributed by atoms with E-state index >= 15 is 0 Å². The Hall–Kier alpha value is -3.43. The smallest absolute Gasteiger partial charge is 0.0497 e. The van der Waals surface area contributed by atoms with Crippen LogP contribution in [0.25, 0.3) is 0 Å². The summed E-state index contributed by atoms with van der Waals surface area (Å²) >= 11 is 0. The fourth-order valence-corrected chi connectivity index (χ4v) is 14.3. The molecule has 61 heavy (non-hydrogen) atoms. The van der Waals surface area contributed by atoms with E-state index in [1.165, 1.54) is 100 Å². The third kappa shape index (κ3) is 8.41. The lowest BCUT2D eigenvalue weighted by atomic mass is 9.42. The number of ether oxygens (including phenoxy) is 1. The van der Waals surface area contributed by atoms with Gasteiger partial charge in [0.05, 0.1) is 0 Å². The van der Waals surface area contributed by atoms with Gasteiger partial charge >= 0.3 is 0 Å². The third-order valence-electron chi connectivity index (χ3n) is 13.8. The SMILES string of the molecule is COCC1C(C(P)(c2cc(C)cc(C)c2)c2cc(C)cc(C)c2)C(C(P)(c2cc(C)cc(C)c2)c2cc(C)cc(C)c2)C1C(P)(c1cc(C)cc(C)c1)c1cc(C)cc(C)c1. The van der Waals surface area contributed by atoms with Gasteiger partial charge in [-0.1, -0.05) is 176 Å². The summed E-state index contributed by atoms with van der Waals surface area (Å²) in [7, 11) is 12.7. The molecule has 0 spiro atoms. The van der Waals surface area contributed by atoms with E-state index in [1.807, 2.05) is 7.11 Å². The van der Waals surface area contributed by atoms with Crippen LogP contribution in [-0.4, -0.2) is 13.7 Å². The van der Waals surface area contributed by atoms with Crippen molar-refractivity contribution in [2.75, 3.05) is 13.7 Å². The monoisotopic (exact) mass is 862 g/mol. The fraction of sp³-hybridized carbons (Fsp3) is 0.368. The standard InChI is InChI=1S/C57H69OP3/c1-33-14-34(2)21-45(20-33)55(59,46-22-35(3)15-36(4)23-46)52-51(32-58-13)53(56(60,47-24-37(5)16-38(6)25-47)48-26-39(7)17-40(8)27-48)54(52)57(61,49-28-41(9)18-42(10)29-49)50-30-43(11)19-44(12)31-50/h14-31,51-54H,32,59-61H2,1-13H3. The minimum Gasteiger partial charge on any atom is -0.384 e. The molecule has 4 heteroatoms. The summed E-state index contributed by atoms with van der Waals surface area (Å²) in [6.45, 7) is 27.8. The Morgan fingerprint density at radius 2 is 0.475 bits per heavy atom. The molecule has 0 amide bonds. The zero-order valence-electron chi connectivity index (χ0n) is 39.0. The Kier molecular flexibility index (Phi) is 12.9. The second-order valence-corrected chi connectivity index (χ2v) is 22.3. The average molecular weight is 863 g/mol. The number of rotatable bonds is 11. The van der Waals surface area contributed by atoms with Crippen molar-refractivity contribution in [1.29, 1.82) is 0 Å². The van der Waals surface area contributed by atoms with Crippen molar-refractivity contribution in [2.24, 2.45) is 23.7 Å². The molecule has 5 atom stereocenters. The van der Waals surface area contributed by atoms with Crippen LogP contribution in [0.2, 0.25) is 0 Å². The van der Waals surface area contributed by atoms with E-state index in [-0.39, 0.29) is 23.7 Å². The molecule has 0 bridgehead atoms. The minimum absolute atomic E-state index is 0.0818. The highest BCUT2D eigenvalue weighted by molar-refractivity contribution is 7.20. The number of hydrogen-bond acceptors (Lipinski definition) is 1. The number of hydrogen-bond donors (Lipinski definition) is 0. The van der Waals surface area contributed by atoms with Crippen molar-refractivity contribution in [2.45, 2.75) is 98.6 Å². The van der Waals surface area contributed by atoms with Crippen LogP contribution in [0.4, 0.5) is 0 Å². The van der Waals surface area contributed by atoms with E-state index in [9.17, 15) is 0 Å². The topological polar surface area (TPSA) is 9.23 Å². The molecule has 0 radical (unpaired) electrons. The van der Waals surface area contributed by atoms with Crippen molar-refractivity contribution in [1.82, 2.24) is 0 Å². The Morgan fingerprint density at radius 3 is 0.639 bits per heavy atom. The lowest BCUT2D eigenvalue weighted by molar-refractivity contribution is -0.106. The average Bonchev–Trinajstić information content (AvgIpc) is 3.13. The van der Waals surface area contributed by atoms with Gasteiger partial charge in [-0.05, 0) is 140 Å². The molecule has 7 rings (SSSR count). The van der Waals surface area contributed by atoms with Crippen LogP contribution in [0.3, 0.4) is 0 Å². The van der Waals surface area contributed by atoms with Crippen molar-refractivity contribution < 1.29 is 4.74 Å². The normalized spacial score (nSPS) is 18.3. The molecule has 6 aromatic rings. The first kappa shape index (κ1) is 45.6. The van der Waals surface area contributed by atoms with Crippen LogP contribution < -0.4 is 0 Å². The van der Waals surface area contributed by atoms with E-state index in [2.05, 4.69) is 220 Å². The van der Waals surface area contributed by atoms with Crippen molar-refractivity contribution >= 4 is 27.7 Å². The fourth-order valence-electron chi connectivity index (χ4n) is 12.0. The van der Waals surface area contributed by atoms with Gasteiger partial charge in [0.2, 0.25) is 0 Å². The second kappa shape index (κ2) is 17.3. The highest BCUT2D eigenvalue weighted by Crippen LogP contribution is 2.74. The van der Waals surface area contributed by atoms with Gasteiger partial charge in [0.1, 0.15) is 0 Å². The number of methoxy groups -OCH3 is 1. The molecule has 0 N–H and O–H groups in total. The van der Waals surface area contributed by atoms with Crippen molar-refractivity contribution in [3.05, 3.63) is 209 Å². The van der Waals surface area contributed by atoms with Crippen LogP contribution in [0.1, 0.15) is 100 Å². The molecular formula is C57H69OP3. The van der Waals surface area contributed by atoms with Gasteiger partial charge in [0.25, 0.3) is 0 Å². The van der Waals surface area contributed by atoms with Crippen LogP contribution >= 0.6 is 27.7 Å². The third-order valence-corrected chi connectivity index (χ3v) is 17.0. The molecule has 0 aliphatic heterocycles. The summed E-state index contributed by atoms with van der Waals surface area (Å²) in [5.41, 5.74) is 23.5. The second-order valence-electron chi connectivity index (χ2n) is 19.6. The van der Waals surface area contributed by atoms with Gasteiger partial charge in [0.15, 0.2) is 0 Å². The summed E-state index contributed by atoms with van der Waals surface area (Å²) in [6, 6.07) is 43.6. The minimum atomic E-state index is -0.508. The molecule has 1 aliphatic carbocycles. The Morgan fingerprint density at radius 1 is 0.311 bits per heavy atom. The van der Waals surface area contributed by atoms with Gasteiger partial charge in [-0.15, -0.1) is 27.7 Å². The molecule has 0 saturated heterocycles. The molecule has 5 unspecified atom stereocenters. The zero-order valence-corrected chi connectivity index (χ0v) is 42.5. The summed E-state index contributed by atoms with van der Waals surface area (Å²) in [5.74, 6) is 0.449. The van der Waals surface area contributed by atoms with Gasteiger partial charge < -0.3 is 4.74 Å². The molecule has 1 nitrogen and oxygen atoms in total. The van der Waals surface area contributed by atoms with Crippen molar-refractivity contribution in [3.8, 4) is 0 Å². The lowest BCUT2D eigenvalue weighted by Crippen LogP contribution is -2.66. The maximum atomic E-state index is 6.55. The first-order valence-electron chi connectivity index (χ1n) is 22.1. The lowest BCUT2D eigenvalue weighted by Gasteiger charge is -2.68. The van der Waals surface area contributed by atoms with Gasteiger partial charge in [0, 0.05) is 29.2 Å². The van der Waals surface area contributed by atoms with E-state index in [0.29, 0.717) is 6.61 Å². The van der Waals surface area contributed by atoms with Crippen LogP contribution in [0.15, 0.2) is 109 Å². The Balaban J connectivity index is 1.70. The molecule has 1 fully saturated rings. The largest absolute Gasteiger partial charge is 0.384 e. The molecule has 318 valence electrons. The predicted molar refractivity (Wildman–Crippen MR) is 273 cm³/mol. The molecule has 0 aromatic heterocycles. The zero-order chi connectivity index (χ0) is 44.3. The molecule has 0 heterocycles. The first-order chi connectivity index (χ1) is 28.7. The van der Waals surface area contributed by atoms with E-state index in [4.69, 9.17) is 4.74 Å². The van der Waals surface area contributed by atoms with Gasteiger partial charge in [-0.25, -0.2) is 0 Å². The van der Waals surface area contributed by atoms with Crippen LogP contribution in [-0.2, 0) is 20.2 Å². The highest BCUT2D eigenvalue weighted by atomic mass is 31.0. The summed E-state index contributed by atoms with van der Waals surface area (Å²) in [5, 5.41) is -1.46. The summed E-state index contributed by atoms with van der Waals surface area (Å²) in [4.78, 5) is 0. The van der Waals surface area contributed by atoms with Gasteiger partial charge in [-0.2, -0.15) is 0 Å². The van der Waals surface area contributed by atoms with Crippen molar-refractivity contribution in [3.63, 3.8) is 0 Å². The maximum absolute atomic E-state index is 6.55. The molecule has 6 aromatic carbocycles. The Bertz CT molecular complexity index is 2220. The van der Waals surface area contributed by atoms with Crippen LogP contribution in [0, 0.1) is 107 Å². The summed E-state index contributed by atoms with van der Waals surface area (Å²) in [6.07, 6.45) is 0. The van der Waals surface area contributed by atoms with E-state index in [1.54, 1.807) is 0 Å². The number of benzene rings is 6.